The zero-order valence-electron chi connectivity index (χ0n) is 33.8. The molecule has 2 aliphatic heterocycles. The Hall–Kier alpha value is -5.25. The van der Waals surface area contributed by atoms with Gasteiger partial charge in [-0.1, -0.05) is 60.2 Å². The van der Waals surface area contributed by atoms with Gasteiger partial charge in [-0.15, -0.1) is 22.7 Å². The van der Waals surface area contributed by atoms with Crippen molar-refractivity contribution in [2.75, 3.05) is 62.2 Å². The minimum atomic E-state index is -4.74. The molecule has 2 fully saturated rings. The first kappa shape index (κ1) is 44.8. The van der Waals surface area contributed by atoms with E-state index in [1.165, 1.54) is 57.6 Å². The quantitative estimate of drug-likeness (QED) is 0.102. The molecule has 2 saturated heterocycles. The number of nitro benzene ring substituents is 1. The van der Waals surface area contributed by atoms with E-state index in [-0.39, 0.29) is 23.7 Å². The summed E-state index contributed by atoms with van der Waals surface area (Å²) >= 11 is 3.02. The average Bonchev–Trinajstić information content (AvgIpc) is 3.95. The lowest BCUT2D eigenvalue weighted by Gasteiger charge is -2.34. The predicted molar refractivity (Wildman–Crippen MR) is 236 cm³/mol. The zero-order chi connectivity index (χ0) is 44.4. The van der Waals surface area contributed by atoms with Crippen LogP contribution in [0.4, 0.5) is 29.1 Å². The maximum absolute atomic E-state index is 13.4. The first-order valence-electron chi connectivity index (χ1n) is 19.4. The molecule has 0 N–H and O–H groups in total. The molecule has 20 heteroatoms. The van der Waals surface area contributed by atoms with E-state index < -0.39 is 41.6 Å². The van der Waals surface area contributed by atoms with Crippen LogP contribution in [0.1, 0.15) is 22.3 Å². The highest BCUT2D eigenvalue weighted by molar-refractivity contribution is 7.89. The molecule has 8 rings (SSSR count). The SMILES string of the molecule is Cc1cc(C)c(-c2csc(N3CCN(S(=O)(=O)c4ccccc4C(F)(F)F)CC3)n2)c(C)c1.O=[N+]([O-])c1ccc(S(=O)(=O)N2CCN(c3nc(-c4ccccc4)cs3)CC2)cc1. The largest absolute Gasteiger partial charge is 0.417 e. The number of anilines is 2. The monoisotopic (exact) mass is 925 g/mol. The van der Waals surface area contributed by atoms with Crippen molar-refractivity contribution in [3.05, 3.63) is 134 Å². The van der Waals surface area contributed by atoms with Crippen molar-refractivity contribution in [1.82, 2.24) is 18.6 Å². The van der Waals surface area contributed by atoms with Gasteiger partial charge in [-0.3, -0.25) is 10.1 Å². The Labute approximate surface area is 366 Å². The smallest absolute Gasteiger partial charge is 0.345 e. The number of aryl methyl sites for hydroxylation is 3. The summed E-state index contributed by atoms with van der Waals surface area (Å²) in [6, 6.07) is 23.5. The number of alkyl halides is 3. The Morgan fingerprint density at radius 3 is 1.66 bits per heavy atom. The van der Waals surface area contributed by atoms with Gasteiger partial charge in [-0.05, 0) is 56.2 Å². The molecule has 0 spiro atoms. The molecule has 62 heavy (non-hydrogen) atoms. The van der Waals surface area contributed by atoms with Crippen LogP contribution in [0, 0.1) is 30.9 Å². The molecule has 4 aromatic carbocycles. The summed E-state index contributed by atoms with van der Waals surface area (Å²) in [6.07, 6.45) is -4.74. The van der Waals surface area contributed by atoms with Gasteiger partial charge >= 0.3 is 6.18 Å². The minimum absolute atomic E-state index is 0.0668. The molecule has 0 atom stereocenters. The van der Waals surface area contributed by atoms with E-state index >= 15 is 0 Å². The number of nitrogens with zero attached hydrogens (tertiary/aromatic N) is 7. The molecular formula is C42H42F3N7O6S4. The summed E-state index contributed by atoms with van der Waals surface area (Å²) in [5.41, 5.74) is 6.13. The summed E-state index contributed by atoms with van der Waals surface area (Å²) in [5, 5.41) is 16.4. The van der Waals surface area contributed by atoms with Crippen molar-refractivity contribution in [2.45, 2.75) is 36.7 Å². The lowest BCUT2D eigenvalue weighted by Crippen LogP contribution is -2.48. The van der Waals surface area contributed by atoms with Crippen LogP contribution in [-0.4, -0.2) is 92.7 Å². The normalized spacial score (nSPS) is 15.6. The van der Waals surface area contributed by atoms with Gasteiger partial charge in [0.2, 0.25) is 20.0 Å². The lowest BCUT2D eigenvalue weighted by atomic mass is 9.98. The Balaban J connectivity index is 0.000000188. The third kappa shape index (κ3) is 9.69. The van der Waals surface area contributed by atoms with Gasteiger partial charge in [-0.2, -0.15) is 21.8 Å². The van der Waals surface area contributed by atoms with E-state index in [1.54, 1.807) is 11.3 Å². The van der Waals surface area contributed by atoms with E-state index in [2.05, 4.69) is 42.8 Å². The van der Waals surface area contributed by atoms with Crippen LogP contribution in [0.15, 0.2) is 112 Å². The molecule has 326 valence electrons. The van der Waals surface area contributed by atoms with Crippen molar-refractivity contribution >= 4 is 58.7 Å². The number of benzene rings is 4. The number of thiazole rings is 2. The first-order chi connectivity index (χ1) is 29.4. The summed E-state index contributed by atoms with van der Waals surface area (Å²) < 4.78 is 94.2. The van der Waals surface area contributed by atoms with Crippen molar-refractivity contribution in [1.29, 1.82) is 0 Å². The molecule has 0 bridgehead atoms. The van der Waals surface area contributed by atoms with E-state index in [1.807, 2.05) is 46.0 Å². The number of rotatable bonds is 9. The number of non-ortho nitro benzene ring substituents is 1. The highest BCUT2D eigenvalue weighted by atomic mass is 32.2. The van der Waals surface area contributed by atoms with Crippen molar-refractivity contribution in [2.24, 2.45) is 0 Å². The molecular weight excluding hydrogens is 884 g/mol. The molecule has 2 aliphatic rings. The molecule has 4 heterocycles. The van der Waals surface area contributed by atoms with Crippen LogP contribution in [0.5, 0.6) is 0 Å². The fourth-order valence-electron chi connectivity index (χ4n) is 7.45. The Morgan fingerprint density at radius 1 is 0.645 bits per heavy atom. The number of piperazine rings is 2. The van der Waals surface area contributed by atoms with Gasteiger partial charge in [0.25, 0.3) is 5.69 Å². The highest BCUT2D eigenvalue weighted by Crippen LogP contribution is 2.37. The van der Waals surface area contributed by atoms with Crippen molar-refractivity contribution in [3.63, 3.8) is 0 Å². The van der Waals surface area contributed by atoms with Crippen LogP contribution in [-0.2, 0) is 26.2 Å². The standard InChI is InChI=1S/C23H24F3N3O2S2.C19H18N4O4S2/c1-15-12-16(2)21(17(3)13-15)19-14-32-22(27-19)28-8-10-29(11-9-28)33(30,31)20-7-5-4-6-18(20)23(24,25)26;24-23(25)16-6-8-17(9-7-16)29(26,27)22-12-10-21(11-13-22)19-20-18(14-28-19)15-4-2-1-3-5-15/h4-7,12-14H,8-11H2,1-3H3;1-9,14H,10-13H2. The predicted octanol–water partition coefficient (Wildman–Crippen LogP) is 8.49. The number of nitro groups is 1. The summed E-state index contributed by atoms with van der Waals surface area (Å²) in [6.45, 7) is 8.78. The minimum Gasteiger partial charge on any atom is -0.345 e. The number of sulfonamides is 2. The van der Waals surface area contributed by atoms with Crippen molar-refractivity contribution < 1.29 is 34.9 Å². The van der Waals surface area contributed by atoms with Crippen LogP contribution in [0.2, 0.25) is 0 Å². The third-order valence-corrected chi connectivity index (χ3v) is 16.2. The van der Waals surface area contributed by atoms with Gasteiger partial charge in [0.15, 0.2) is 10.3 Å². The third-order valence-electron chi connectivity index (χ3n) is 10.5. The summed E-state index contributed by atoms with van der Waals surface area (Å²) in [5.74, 6) is 0. The van der Waals surface area contributed by atoms with E-state index in [9.17, 15) is 40.1 Å². The first-order valence-corrected chi connectivity index (χ1v) is 24.0. The van der Waals surface area contributed by atoms with Gasteiger partial charge in [0.1, 0.15) is 0 Å². The molecule has 0 aliphatic carbocycles. The fraction of sp³-hybridized carbons (Fsp3) is 0.286. The Bertz CT molecular complexity index is 2750. The van der Waals surface area contributed by atoms with Gasteiger partial charge in [0, 0.05) is 86.4 Å². The molecule has 13 nitrogen and oxygen atoms in total. The summed E-state index contributed by atoms with van der Waals surface area (Å²) in [7, 11) is -7.95. The van der Waals surface area contributed by atoms with Gasteiger partial charge in [-0.25, -0.2) is 26.8 Å². The van der Waals surface area contributed by atoms with Crippen LogP contribution in [0.25, 0.3) is 22.5 Å². The number of aromatic nitrogens is 2. The van der Waals surface area contributed by atoms with Crippen LogP contribution < -0.4 is 9.80 Å². The van der Waals surface area contributed by atoms with Crippen LogP contribution in [0.3, 0.4) is 0 Å². The topological polar surface area (TPSA) is 150 Å². The van der Waals surface area contributed by atoms with Gasteiger partial charge in [0.05, 0.1) is 31.7 Å². The molecule has 0 radical (unpaired) electrons. The van der Waals surface area contributed by atoms with E-state index in [0.29, 0.717) is 39.3 Å². The molecule has 6 aromatic rings. The number of hydrogen-bond donors (Lipinski definition) is 0. The lowest BCUT2D eigenvalue weighted by molar-refractivity contribution is -0.384. The molecule has 0 saturated carbocycles. The maximum atomic E-state index is 13.4. The maximum Gasteiger partial charge on any atom is 0.417 e. The van der Waals surface area contributed by atoms with E-state index in [4.69, 9.17) is 4.98 Å². The molecule has 2 aromatic heterocycles. The second kappa shape index (κ2) is 18.2. The van der Waals surface area contributed by atoms with Crippen LogP contribution >= 0.6 is 22.7 Å². The molecule has 0 unspecified atom stereocenters. The van der Waals surface area contributed by atoms with Crippen molar-refractivity contribution in [3.8, 4) is 22.5 Å². The fourth-order valence-corrected chi connectivity index (χ4v) is 12.3. The molecule has 0 amide bonds. The average molecular weight is 926 g/mol. The second-order valence-corrected chi connectivity index (χ2v) is 20.2. The summed E-state index contributed by atoms with van der Waals surface area (Å²) in [4.78, 5) is 23.1. The second-order valence-electron chi connectivity index (χ2n) is 14.7. The Morgan fingerprint density at radius 2 is 1.13 bits per heavy atom. The highest BCUT2D eigenvalue weighted by Gasteiger charge is 2.40. The number of hydrogen-bond acceptors (Lipinski definition) is 12. The number of halogens is 3. The Kier molecular flexibility index (Phi) is 13.2. The van der Waals surface area contributed by atoms with E-state index in [0.717, 1.165) is 60.3 Å². The van der Waals surface area contributed by atoms with Gasteiger partial charge < -0.3 is 9.80 Å². The zero-order valence-corrected chi connectivity index (χ0v) is 37.1.